The SMILES string of the molecule is c1ccc2c(-c3c4ccccc4c(-c4cccc5c4ccc4oc6ccccc6c45)c4ccccc34)cccc2c1. The smallest absolute Gasteiger partial charge is 0.136 e. The summed E-state index contributed by atoms with van der Waals surface area (Å²) in [5.74, 6) is 0. The van der Waals surface area contributed by atoms with Gasteiger partial charge in [-0.2, -0.15) is 0 Å². The molecule has 9 rings (SSSR count). The third-order valence-corrected chi connectivity index (χ3v) is 8.66. The Labute approximate surface area is 236 Å². The standard InChI is InChI=1S/C40H24O/c1-2-13-26-25(11-1)12-9-19-28(26)38-31-14-3-5-16-33(31)39(34-17-6-4-15-32(34)38)29-20-10-21-30-27(29)23-24-37-40(30)35-18-7-8-22-36(35)41-37/h1-24H. The van der Waals surface area contributed by atoms with Gasteiger partial charge < -0.3 is 4.42 Å². The second-order valence-corrected chi connectivity index (χ2v) is 10.8. The van der Waals surface area contributed by atoms with Crippen molar-refractivity contribution in [3.05, 3.63) is 146 Å². The number of fused-ring (bicyclic) bond motifs is 8. The zero-order chi connectivity index (χ0) is 26.9. The van der Waals surface area contributed by atoms with Gasteiger partial charge in [-0.3, -0.25) is 0 Å². The number of hydrogen-bond donors (Lipinski definition) is 0. The molecule has 1 aromatic heterocycles. The van der Waals surface area contributed by atoms with Crippen LogP contribution in [0.15, 0.2) is 150 Å². The maximum atomic E-state index is 6.25. The minimum absolute atomic E-state index is 0.927. The molecule has 0 saturated heterocycles. The number of rotatable bonds is 2. The summed E-state index contributed by atoms with van der Waals surface area (Å²) in [6.45, 7) is 0. The molecule has 0 bridgehead atoms. The molecule has 0 aliphatic rings. The van der Waals surface area contributed by atoms with Gasteiger partial charge in [0.1, 0.15) is 11.2 Å². The second-order valence-electron chi connectivity index (χ2n) is 10.8. The highest BCUT2D eigenvalue weighted by atomic mass is 16.3. The van der Waals surface area contributed by atoms with E-state index < -0.39 is 0 Å². The molecule has 0 fully saturated rings. The van der Waals surface area contributed by atoms with E-state index in [1.807, 2.05) is 6.07 Å². The Balaban J connectivity index is 1.45. The molecule has 0 N–H and O–H groups in total. The molecule has 41 heavy (non-hydrogen) atoms. The first-order chi connectivity index (χ1) is 20.4. The van der Waals surface area contributed by atoms with Gasteiger partial charge in [-0.25, -0.2) is 0 Å². The maximum absolute atomic E-state index is 6.25. The highest BCUT2D eigenvalue weighted by Crippen LogP contribution is 2.47. The lowest BCUT2D eigenvalue weighted by Gasteiger charge is -2.19. The topological polar surface area (TPSA) is 13.1 Å². The van der Waals surface area contributed by atoms with Crippen LogP contribution in [-0.2, 0) is 0 Å². The summed E-state index contributed by atoms with van der Waals surface area (Å²) in [5.41, 5.74) is 6.93. The second kappa shape index (κ2) is 8.55. The van der Waals surface area contributed by atoms with Crippen LogP contribution in [0.4, 0.5) is 0 Å². The van der Waals surface area contributed by atoms with Gasteiger partial charge in [0, 0.05) is 10.8 Å². The zero-order valence-corrected chi connectivity index (χ0v) is 22.3. The molecule has 190 valence electrons. The summed E-state index contributed by atoms with van der Waals surface area (Å²) >= 11 is 0. The molecule has 0 aliphatic carbocycles. The third-order valence-electron chi connectivity index (χ3n) is 8.66. The van der Waals surface area contributed by atoms with Crippen molar-refractivity contribution in [2.45, 2.75) is 0 Å². The monoisotopic (exact) mass is 520 g/mol. The number of benzene rings is 8. The Morgan fingerprint density at radius 2 is 0.780 bits per heavy atom. The fourth-order valence-electron chi connectivity index (χ4n) is 6.95. The molecule has 0 radical (unpaired) electrons. The molecule has 0 aliphatic heterocycles. The molecule has 8 aromatic carbocycles. The van der Waals surface area contributed by atoms with Gasteiger partial charge in [0.15, 0.2) is 0 Å². The van der Waals surface area contributed by atoms with Crippen molar-refractivity contribution in [2.75, 3.05) is 0 Å². The van der Waals surface area contributed by atoms with E-state index in [4.69, 9.17) is 4.42 Å². The van der Waals surface area contributed by atoms with E-state index in [1.165, 1.54) is 70.7 Å². The lowest BCUT2D eigenvalue weighted by atomic mass is 9.83. The molecule has 1 heterocycles. The quantitative estimate of drug-likeness (QED) is 0.207. The van der Waals surface area contributed by atoms with Gasteiger partial charge in [0.2, 0.25) is 0 Å². The van der Waals surface area contributed by atoms with E-state index in [-0.39, 0.29) is 0 Å². The van der Waals surface area contributed by atoms with Gasteiger partial charge in [-0.05, 0) is 77.5 Å². The maximum Gasteiger partial charge on any atom is 0.136 e. The van der Waals surface area contributed by atoms with E-state index >= 15 is 0 Å². The summed E-state index contributed by atoms with van der Waals surface area (Å²) in [5, 5.41) is 12.4. The Morgan fingerprint density at radius 3 is 1.46 bits per heavy atom. The fourth-order valence-corrected chi connectivity index (χ4v) is 6.95. The van der Waals surface area contributed by atoms with Crippen molar-refractivity contribution in [3.8, 4) is 22.3 Å². The average Bonchev–Trinajstić information content (AvgIpc) is 3.42. The number of para-hydroxylation sites is 1. The summed E-state index contributed by atoms with van der Waals surface area (Å²) in [6, 6.07) is 52.6. The predicted octanol–water partition coefficient (Wildman–Crippen LogP) is 11.5. The van der Waals surface area contributed by atoms with Crippen LogP contribution in [0.2, 0.25) is 0 Å². The van der Waals surface area contributed by atoms with Crippen molar-refractivity contribution in [2.24, 2.45) is 0 Å². The molecule has 0 saturated carbocycles. The molecule has 0 atom stereocenters. The lowest BCUT2D eigenvalue weighted by Crippen LogP contribution is -1.92. The van der Waals surface area contributed by atoms with E-state index in [0.717, 1.165) is 16.6 Å². The Morgan fingerprint density at radius 1 is 0.293 bits per heavy atom. The molecule has 0 amide bonds. The molecular weight excluding hydrogens is 496 g/mol. The number of hydrogen-bond acceptors (Lipinski definition) is 1. The average molecular weight is 521 g/mol. The van der Waals surface area contributed by atoms with Crippen LogP contribution < -0.4 is 0 Å². The highest BCUT2D eigenvalue weighted by molar-refractivity contribution is 6.27. The van der Waals surface area contributed by atoms with Crippen LogP contribution in [-0.4, -0.2) is 0 Å². The molecule has 1 heteroatoms. The number of furan rings is 1. The first-order valence-corrected chi connectivity index (χ1v) is 14.1. The van der Waals surface area contributed by atoms with E-state index in [0.29, 0.717) is 0 Å². The van der Waals surface area contributed by atoms with Crippen molar-refractivity contribution in [3.63, 3.8) is 0 Å². The van der Waals surface area contributed by atoms with Crippen LogP contribution in [0, 0.1) is 0 Å². The minimum atomic E-state index is 0.927. The van der Waals surface area contributed by atoms with Crippen LogP contribution in [0.25, 0.3) is 87.3 Å². The van der Waals surface area contributed by atoms with Crippen molar-refractivity contribution in [1.29, 1.82) is 0 Å². The largest absolute Gasteiger partial charge is 0.456 e. The molecule has 0 spiro atoms. The first-order valence-electron chi connectivity index (χ1n) is 14.1. The van der Waals surface area contributed by atoms with E-state index in [2.05, 4.69) is 140 Å². The van der Waals surface area contributed by atoms with Crippen molar-refractivity contribution < 1.29 is 4.42 Å². The Bertz CT molecular complexity index is 2410. The molecular formula is C40H24O. The van der Waals surface area contributed by atoms with Gasteiger partial charge in [-0.1, -0.05) is 133 Å². The Kier molecular flexibility index (Phi) is 4.67. The fraction of sp³-hybridized carbons (Fsp3) is 0. The molecule has 9 aromatic rings. The van der Waals surface area contributed by atoms with Crippen LogP contribution in [0.3, 0.4) is 0 Å². The van der Waals surface area contributed by atoms with Crippen molar-refractivity contribution >= 4 is 65.0 Å². The van der Waals surface area contributed by atoms with Gasteiger partial charge in [0.05, 0.1) is 0 Å². The summed E-state index contributed by atoms with van der Waals surface area (Å²) < 4.78 is 6.25. The summed E-state index contributed by atoms with van der Waals surface area (Å²) in [6.07, 6.45) is 0. The highest BCUT2D eigenvalue weighted by Gasteiger charge is 2.20. The van der Waals surface area contributed by atoms with Gasteiger partial charge >= 0.3 is 0 Å². The third kappa shape index (κ3) is 3.18. The van der Waals surface area contributed by atoms with E-state index in [9.17, 15) is 0 Å². The summed E-state index contributed by atoms with van der Waals surface area (Å²) in [4.78, 5) is 0. The van der Waals surface area contributed by atoms with Crippen LogP contribution in [0.1, 0.15) is 0 Å². The molecule has 1 nitrogen and oxygen atoms in total. The Hall–Kier alpha value is -5.40. The normalized spacial score (nSPS) is 11.9. The van der Waals surface area contributed by atoms with Crippen LogP contribution >= 0.6 is 0 Å². The summed E-state index contributed by atoms with van der Waals surface area (Å²) in [7, 11) is 0. The van der Waals surface area contributed by atoms with Gasteiger partial charge in [-0.15, -0.1) is 0 Å². The lowest BCUT2D eigenvalue weighted by molar-refractivity contribution is 0.669. The zero-order valence-electron chi connectivity index (χ0n) is 22.3. The van der Waals surface area contributed by atoms with Crippen molar-refractivity contribution in [1.82, 2.24) is 0 Å². The minimum Gasteiger partial charge on any atom is -0.456 e. The van der Waals surface area contributed by atoms with Crippen LogP contribution in [0.5, 0.6) is 0 Å². The van der Waals surface area contributed by atoms with E-state index in [1.54, 1.807) is 0 Å². The molecule has 0 unspecified atom stereocenters. The van der Waals surface area contributed by atoms with Gasteiger partial charge in [0.25, 0.3) is 0 Å². The predicted molar refractivity (Wildman–Crippen MR) is 175 cm³/mol. The first kappa shape index (κ1) is 22.4.